The molecule has 1 N–H and O–H groups in total. The summed E-state index contributed by atoms with van der Waals surface area (Å²) in [4.78, 5) is 3.78. The zero-order valence-electron chi connectivity index (χ0n) is 9.40. The van der Waals surface area contributed by atoms with E-state index >= 15 is 0 Å². The number of hydrogen-bond donors (Lipinski definition) is 1. The van der Waals surface area contributed by atoms with Gasteiger partial charge in [-0.3, -0.25) is 4.98 Å². The first-order chi connectivity index (χ1) is 8.42. The van der Waals surface area contributed by atoms with Crippen molar-refractivity contribution in [3.8, 4) is 0 Å². The molecule has 0 saturated heterocycles. The first kappa shape index (κ1) is 11.4. The van der Waals surface area contributed by atoms with Crippen LogP contribution in [-0.4, -0.2) is 14.5 Å². The Balaban J connectivity index is 0.000000153. The average Bonchev–Trinajstić information content (AvgIpc) is 2.84. The highest BCUT2D eigenvalue weighted by Gasteiger charge is 1.97. The van der Waals surface area contributed by atoms with Crippen LogP contribution in [0.2, 0.25) is 0 Å². The van der Waals surface area contributed by atoms with Gasteiger partial charge in [0.15, 0.2) is 0 Å². The van der Waals surface area contributed by atoms with Crippen molar-refractivity contribution in [1.82, 2.24) is 9.38 Å². The Kier molecular flexibility index (Phi) is 3.89. The average molecular weight is 226 g/mol. The molecule has 3 heteroatoms. The fraction of sp³-hybridized carbons (Fsp3) is 0.0714. The fourth-order valence-corrected chi connectivity index (χ4v) is 1.56. The van der Waals surface area contributed by atoms with E-state index in [4.69, 9.17) is 5.11 Å². The zero-order valence-corrected chi connectivity index (χ0v) is 9.40. The summed E-state index contributed by atoms with van der Waals surface area (Å²) in [7, 11) is 0. The second kappa shape index (κ2) is 5.82. The summed E-state index contributed by atoms with van der Waals surface area (Å²) in [5.74, 6) is 0. The molecule has 0 fully saturated rings. The Morgan fingerprint density at radius 2 is 1.76 bits per heavy atom. The van der Waals surface area contributed by atoms with Crippen LogP contribution in [0.25, 0.3) is 5.52 Å². The quantitative estimate of drug-likeness (QED) is 0.692. The van der Waals surface area contributed by atoms with Crippen molar-refractivity contribution in [2.75, 3.05) is 0 Å². The van der Waals surface area contributed by atoms with Crippen LogP contribution in [-0.2, 0) is 6.61 Å². The topological polar surface area (TPSA) is 37.5 Å². The van der Waals surface area contributed by atoms with E-state index in [9.17, 15) is 0 Å². The molecule has 0 spiro atoms. The van der Waals surface area contributed by atoms with Crippen LogP contribution in [0.5, 0.6) is 0 Å². The molecule has 0 aliphatic carbocycles. The van der Waals surface area contributed by atoms with Gasteiger partial charge < -0.3 is 9.51 Å². The summed E-state index contributed by atoms with van der Waals surface area (Å²) in [5, 5.41) is 8.91. The highest BCUT2D eigenvalue weighted by atomic mass is 16.3. The van der Waals surface area contributed by atoms with Crippen molar-refractivity contribution >= 4 is 5.52 Å². The number of aliphatic hydroxyl groups excluding tert-OH is 1. The Morgan fingerprint density at radius 3 is 2.35 bits per heavy atom. The van der Waals surface area contributed by atoms with Gasteiger partial charge in [0, 0.05) is 30.4 Å². The van der Waals surface area contributed by atoms with E-state index in [2.05, 4.69) is 4.98 Å². The molecule has 0 aromatic carbocycles. The Bertz CT molecular complexity index is 534. The maximum Gasteiger partial charge on any atom is 0.0702 e. The first-order valence-corrected chi connectivity index (χ1v) is 5.42. The molecule has 0 radical (unpaired) electrons. The van der Waals surface area contributed by atoms with E-state index in [-0.39, 0.29) is 6.61 Å². The highest BCUT2D eigenvalue weighted by Crippen LogP contribution is 2.11. The lowest BCUT2D eigenvalue weighted by Crippen LogP contribution is -1.82. The lowest BCUT2D eigenvalue weighted by Gasteiger charge is -1.94. The SMILES string of the molecule is OCc1ccn2ccccc12.c1ccncc1. The van der Waals surface area contributed by atoms with E-state index in [1.54, 1.807) is 12.4 Å². The van der Waals surface area contributed by atoms with Gasteiger partial charge in [0.2, 0.25) is 0 Å². The molecule has 0 aliphatic heterocycles. The maximum atomic E-state index is 8.91. The Labute approximate surface area is 100.0 Å². The number of hydrogen-bond acceptors (Lipinski definition) is 2. The molecule has 0 aliphatic rings. The molecule has 17 heavy (non-hydrogen) atoms. The van der Waals surface area contributed by atoms with Crippen LogP contribution in [0.3, 0.4) is 0 Å². The minimum Gasteiger partial charge on any atom is -0.392 e. The van der Waals surface area contributed by atoms with Gasteiger partial charge in [-0.05, 0) is 30.3 Å². The van der Waals surface area contributed by atoms with Crippen molar-refractivity contribution in [1.29, 1.82) is 0 Å². The lowest BCUT2D eigenvalue weighted by atomic mass is 10.3. The van der Waals surface area contributed by atoms with Crippen LogP contribution in [0.1, 0.15) is 5.56 Å². The second-order valence-electron chi connectivity index (χ2n) is 3.52. The number of fused-ring (bicyclic) bond motifs is 1. The monoisotopic (exact) mass is 226 g/mol. The molecule has 3 rings (SSSR count). The first-order valence-electron chi connectivity index (χ1n) is 5.42. The third kappa shape index (κ3) is 2.92. The molecule has 0 amide bonds. The van der Waals surface area contributed by atoms with Crippen LogP contribution < -0.4 is 0 Å². The molecule has 3 nitrogen and oxygen atoms in total. The molecule has 0 saturated carbocycles. The molecule has 3 aromatic rings. The van der Waals surface area contributed by atoms with Crippen LogP contribution in [0, 0.1) is 0 Å². The molecule has 3 heterocycles. The van der Waals surface area contributed by atoms with Crippen molar-refractivity contribution in [2.45, 2.75) is 6.61 Å². The number of pyridine rings is 2. The smallest absolute Gasteiger partial charge is 0.0702 e. The van der Waals surface area contributed by atoms with Gasteiger partial charge in [0.25, 0.3) is 0 Å². The standard InChI is InChI=1S/C9H9NO.C5H5N/c11-7-8-4-6-10-5-2-1-3-9(8)10;1-2-4-6-5-3-1/h1-6,11H,7H2;1-5H. The summed E-state index contributed by atoms with van der Waals surface area (Å²) < 4.78 is 1.99. The van der Waals surface area contributed by atoms with Crippen LogP contribution >= 0.6 is 0 Å². The van der Waals surface area contributed by atoms with E-state index in [0.717, 1.165) is 11.1 Å². The normalized spacial score (nSPS) is 9.71. The highest BCUT2D eigenvalue weighted by molar-refractivity contribution is 5.54. The number of aromatic nitrogens is 2. The third-order valence-electron chi connectivity index (χ3n) is 2.39. The molecule has 86 valence electrons. The van der Waals surface area contributed by atoms with Crippen LogP contribution in [0.15, 0.2) is 67.3 Å². The predicted octanol–water partition coefficient (Wildman–Crippen LogP) is 2.51. The van der Waals surface area contributed by atoms with Gasteiger partial charge >= 0.3 is 0 Å². The summed E-state index contributed by atoms with van der Waals surface area (Å²) in [6.45, 7) is 0.112. The maximum absolute atomic E-state index is 8.91. The summed E-state index contributed by atoms with van der Waals surface area (Å²) in [5.41, 5.74) is 2.06. The van der Waals surface area contributed by atoms with E-state index in [1.807, 2.05) is 59.3 Å². The third-order valence-corrected chi connectivity index (χ3v) is 2.39. The van der Waals surface area contributed by atoms with Gasteiger partial charge in [-0.25, -0.2) is 0 Å². The zero-order chi connectivity index (χ0) is 11.9. The lowest BCUT2D eigenvalue weighted by molar-refractivity contribution is 0.283. The summed E-state index contributed by atoms with van der Waals surface area (Å²) in [6.07, 6.45) is 7.41. The summed E-state index contributed by atoms with van der Waals surface area (Å²) in [6, 6.07) is 13.6. The molecular weight excluding hydrogens is 212 g/mol. The van der Waals surface area contributed by atoms with E-state index in [1.165, 1.54) is 0 Å². The van der Waals surface area contributed by atoms with E-state index in [0.29, 0.717) is 0 Å². The summed E-state index contributed by atoms with van der Waals surface area (Å²) >= 11 is 0. The Hall–Kier alpha value is -2.13. The second-order valence-corrected chi connectivity index (χ2v) is 3.52. The fourth-order valence-electron chi connectivity index (χ4n) is 1.56. The molecule has 0 unspecified atom stereocenters. The largest absolute Gasteiger partial charge is 0.392 e. The minimum atomic E-state index is 0.112. The number of aliphatic hydroxyl groups is 1. The number of rotatable bonds is 1. The van der Waals surface area contributed by atoms with Gasteiger partial charge in [0.05, 0.1) is 12.1 Å². The number of nitrogens with zero attached hydrogens (tertiary/aromatic N) is 2. The van der Waals surface area contributed by atoms with Gasteiger partial charge in [0.1, 0.15) is 0 Å². The Morgan fingerprint density at radius 1 is 0.941 bits per heavy atom. The molecule has 0 bridgehead atoms. The molecular formula is C14H14N2O. The van der Waals surface area contributed by atoms with Crippen molar-refractivity contribution in [3.63, 3.8) is 0 Å². The molecule has 0 atom stereocenters. The van der Waals surface area contributed by atoms with Crippen molar-refractivity contribution in [3.05, 3.63) is 72.8 Å². The van der Waals surface area contributed by atoms with Gasteiger partial charge in [-0.1, -0.05) is 12.1 Å². The van der Waals surface area contributed by atoms with Gasteiger partial charge in [-0.15, -0.1) is 0 Å². The van der Waals surface area contributed by atoms with Crippen molar-refractivity contribution < 1.29 is 5.11 Å². The molecule has 3 aromatic heterocycles. The predicted molar refractivity (Wildman–Crippen MR) is 67.6 cm³/mol. The minimum absolute atomic E-state index is 0.112. The van der Waals surface area contributed by atoms with Crippen LogP contribution in [0.4, 0.5) is 0 Å². The van der Waals surface area contributed by atoms with Gasteiger partial charge in [-0.2, -0.15) is 0 Å². The van der Waals surface area contributed by atoms with Crippen molar-refractivity contribution in [2.24, 2.45) is 0 Å². The van der Waals surface area contributed by atoms with E-state index < -0.39 is 0 Å².